The van der Waals surface area contributed by atoms with Crippen molar-refractivity contribution in [3.8, 4) is 0 Å². The Kier molecular flexibility index (Phi) is 5.76. The summed E-state index contributed by atoms with van der Waals surface area (Å²) in [6.45, 7) is 8.41. The molecule has 0 radical (unpaired) electrons. The van der Waals surface area contributed by atoms with Crippen molar-refractivity contribution in [2.75, 3.05) is 39.9 Å². The van der Waals surface area contributed by atoms with Crippen LogP contribution in [0.1, 0.15) is 30.9 Å². The lowest BCUT2D eigenvalue weighted by atomic mass is 10.0. The topological polar surface area (TPSA) is 32.8 Å². The fourth-order valence-corrected chi connectivity index (χ4v) is 2.52. The van der Waals surface area contributed by atoms with Gasteiger partial charge in [-0.1, -0.05) is 38.1 Å². The molecule has 0 bridgehead atoms. The first kappa shape index (κ1) is 16.0. The number of hydrogen-bond donors (Lipinski definition) is 0. The molecule has 0 spiro atoms. The van der Waals surface area contributed by atoms with Crippen molar-refractivity contribution in [3.05, 3.63) is 35.4 Å². The van der Waals surface area contributed by atoms with Crippen LogP contribution in [0.3, 0.4) is 0 Å². The van der Waals surface area contributed by atoms with Crippen LogP contribution < -0.4 is 0 Å². The maximum atomic E-state index is 12.2. The van der Waals surface area contributed by atoms with E-state index in [9.17, 15) is 4.79 Å². The second-order valence-corrected chi connectivity index (χ2v) is 6.06. The molecule has 1 fully saturated rings. The van der Waals surface area contributed by atoms with Crippen molar-refractivity contribution in [1.82, 2.24) is 9.80 Å². The number of morpholine rings is 1. The van der Waals surface area contributed by atoms with Crippen LogP contribution >= 0.6 is 0 Å². The van der Waals surface area contributed by atoms with Gasteiger partial charge in [0.05, 0.1) is 19.8 Å². The van der Waals surface area contributed by atoms with Gasteiger partial charge in [-0.3, -0.25) is 9.69 Å². The monoisotopic (exact) mass is 290 g/mol. The van der Waals surface area contributed by atoms with E-state index in [-0.39, 0.29) is 5.91 Å². The van der Waals surface area contributed by atoms with E-state index in [0.717, 1.165) is 19.6 Å². The summed E-state index contributed by atoms with van der Waals surface area (Å²) < 4.78 is 5.27. The smallest absolute Gasteiger partial charge is 0.236 e. The minimum Gasteiger partial charge on any atom is -0.378 e. The summed E-state index contributed by atoms with van der Waals surface area (Å²) >= 11 is 0. The lowest BCUT2D eigenvalue weighted by Gasteiger charge is -2.28. The van der Waals surface area contributed by atoms with Crippen LogP contribution in [-0.2, 0) is 16.1 Å². The molecule has 1 heterocycles. The summed E-state index contributed by atoms with van der Waals surface area (Å²) in [5.41, 5.74) is 2.60. The van der Waals surface area contributed by atoms with Crippen LogP contribution in [0.15, 0.2) is 24.3 Å². The maximum absolute atomic E-state index is 12.2. The third-order valence-corrected chi connectivity index (χ3v) is 3.87. The van der Waals surface area contributed by atoms with Crippen molar-refractivity contribution < 1.29 is 9.53 Å². The molecule has 116 valence electrons. The Labute approximate surface area is 127 Å². The highest BCUT2D eigenvalue weighted by molar-refractivity contribution is 5.78. The van der Waals surface area contributed by atoms with Crippen LogP contribution in [0.25, 0.3) is 0 Å². The number of rotatable bonds is 5. The fourth-order valence-electron chi connectivity index (χ4n) is 2.52. The Morgan fingerprint density at radius 3 is 2.43 bits per heavy atom. The van der Waals surface area contributed by atoms with E-state index >= 15 is 0 Å². The van der Waals surface area contributed by atoms with Gasteiger partial charge in [-0.25, -0.2) is 0 Å². The quantitative estimate of drug-likeness (QED) is 0.832. The van der Waals surface area contributed by atoms with E-state index in [4.69, 9.17) is 4.74 Å². The highest BCUT2D eigenvalue weighted by Crippen LogP contribution is 2.15. The van der Waals surface area contributed by atoms with Crippen LogP contribution in [0.4, 0.5) is 0 Å². The highest BCUT2D eigenvalue weighted by atomic mass is 16.5. The molecule has 1 saturated heterocycles. The Morgan fingerprint density at radius 1 is 1.24 bits per heavy atom. The van der Waals surface area contributed by atoms with Gasteiger partial charge in [0.2, 0.25) is 5.91 Å². The third-order valence-electron chi connectivity index (χ3n) is 3.87. The van der Waals surface area contributed by atoms with Crippen molar-refractivity contribution in [2.45, 2.75) is 26.3 Å². The zero-order valence-electron chi connectivity index (χ0n) is 13.3. The number of amides is 1. The molecule has 0 aromatic heterocycles. The molecule has 21 heavy (non-hydrogen) atoms. The number of benzene rings is 1. The van der Waals surface area contributed by atoms with E-state index in [0.29, 0.717) is 25.7 Å². The van der Waals surface area contributed by atoms with Crippen molar-refractivity contribution in [3.63, 3.8) is 0 Å². The van der Waals surface area contributed by atoms with E-state index in [1.165, 1.54) is 11.1 Å². The van der Waals surface area contributed by atoms with Gasteiger partial charge in [-0.05, 0) is 24.1 Å². The van der Waals surface area contributed by atoms with Crippen molar-refractivity contribution >= 4 is 5.91 Å². The van der Waals surface area contributed by atoms with Crippen LogP contribution in [0.2, 0.25) is 0 Å². The Bertz CT molecular complexity index is 450. The second kappa shape index (κ2) is 7.57. The zero-order chi connectivity index (χ0) is 15.2. The fraction of sp³-hybridized carbons (Fsp3) is 0.588. The minimum absolute atomic E-state index is 0.194. The number of ether oxygens (including phenoxy) is 1. The summed E-state index contributed by atoms with van der Waals surface area (Å²) in [6.07, 6.45) is 0. The van der Waals surface area contributed by atoms with Crippen LogP contribution in [0.5, 0.6) is 0 Å². The molecule has 4 nitrogen and oxygen atoms in total. The standard InChI is InChI=1S/C17H26N2O2/c1-14(2)16-6-4-15(5-7-16)12-18(3)13-17(20)19-8-10-21-11-9-19/h4-7,14H,8-13H2,1-3H3. The molecule has 1 aliphatic rings. The van der Waals surface area contributed by atoms with Gasteiger partial charge < -0.3 is 9.64 Å². The van der Waals surface area contributed by atoms with Gasteiger partial charge in [0.1, 0.15) is 0 Å². The van der Waals surface area contributed by atoms with Crippen LogP contribution in [-0.4, -0.2) is 55.6 Å². The minimum atomic E-state index is 0.194. The van der Waals surface area contributed by atoms with Gasteiger partial charge in [0.15, 0.2) is 0 Å². The van der Waals surface area contributed by atoms with Crippen molar-refractivity contribution in [1.29, 1.82) is 0 Å². The Hall–Kier alpha value is -1.39. The zero-order valence-corrected chi connectivity index (χ0v) is 13.3. The molecule has 0 unspecified atom stereocenters. The van der Waals surface area contributed by atoms with E-state index in [1.807, 2.05) is 11.9 Å². The average Bonchev–Trinajstić information content (AvgIpc) is 2.48. The van der Waals surface area contributed by atoms with Crippen LogP contribution in [0, 0.1) is 0 Å². The maximum Gasteiger partial charge on any atom is 0.236 e. The highest BCUT2D eigenvalue weighted by Gasteiger charge is 2.18. The summed E-state index contributed by atoms with van der Waals surface area (Å²) in [6, 6.07) is 8.67. The molecule has 2 rings (SSSR count). The molecular formula is C17H26N2O2. The van der Waals surface area contributed by atoms with Gasteiger partial charge in [0.25, 0.3) is 0 Å². The predicted molar refractivity (Wildman–Crippen MR) is 84.3 cm³/mol. The van der Waals surface area contributed by atoms with E-state index < -0.39 is 0 Å². The SMILES string of the molecule is CC(C)c1ccc(CN(C)CC(=O)N2CCOCC2)cc1. The molecule has 0 N–H and O–H groups in total. The average molecular weight is 290 g/mol. The third kappa shape index (κ3) is 4.83. The lowest BCUT2D eigenvalue weighted by Crippen LogP contribution is -2.44. The molecule has 1 aromatic carbocycles. The number of nitrogens with zero attached hydrogens (tertiary/aromatic N) is 2. The number of carbonyl (C=O) groups excluding carboxylic acids is 1. The first-order chi connectivity index (χ1) is 10.1. The van der Waals surface area contributed by atoms with Gasteiger partial charge in [0, 0.05) is 19.6 Å². The Balaban J connectivity index is 1.83. The lowest BCUT2D eigenvalue weighted by molar-refractivity contribution is -0.136. The predicted octanol–water partition coefficient (Wildman–Crippen LogP) is 2.10. The summed E-state index contributed by atoms with van der Waals surface area (Å²) in [4.78, 5) is 16.1. The first-order valence-electron chi connectivity index (χ1n) is 7.69. The molecular weight excluding hydrogens is 264 g/mol. The molecule has 0 saturated carbocycles. The summed E-state index contributed by atoms with van der Waals surface area (Å²) in [5, 5.41) is 0. The van der Waals surface area contributed by atoms with Gasteiger partial charge in [-0.2, -0.15) is 0 Å². The number of likely N-dealkylation sites (N-methyl/N-ethyl adjacent to an activating group) is 1. The van der Waals surface area contributed by atoms with E-state index in [2.05, 4.69) is 43.0 Å². The molecule has 0 aliphatic carbocycles. The molecule has 0 atom stereocenters. The van der Waals surface area contributed by atoms with Gasteiger partial charge in [-0.15, -0.1) is 0 Å². The molecule has 1 aromatic rings. The normalized spacial score (nSPS) is 15.8. The Morgan fingerprint density at radius 2 is 1.86 bits per heavy atom. The van der Waals surface area contributed by atoms with E-state index in [1.54, 1.807) is 0 Å². The number of hydrogen-bond acceptors (Lipinski definition) is 3. The molecule has 1 amide bonds. The second-order valence-electron chi connectivity index (χ2n) is 6.06. The summed E-state index contributed by atoms with van der Waals surface area (Å²) in [7, 11) is 1.99. The number of carbonyl (C=O) groups is 1. The molecule has 4 heteroatoms. The summed E-state index contributed by atoms with van der Waals surface area (Å²) in [5.74, 6) is 0.749. The van der Waals surface area contributed by atoms with Crippen molar-refractivity contribution in [2.24, 2.45) is 0 Å². The van der Waals surface area contributed by atoms with Gasteiger partial charge >= 0.3 is 0 Å². The largest absolute Gasteiger partial charge is 0.378 e. The molecule has 1 aliphatic heterocycles. The first-order valence-corrected chi connectivity index (χ1v) is 7.69.